The molecule has 1 unspecified atom stereocenters. The summed E-state index contributed by atoms with van der Waals surface area (Å²) in [6.07, 6.45) is 77.1. The minimum absolute atomic E-state index is 0.0803. The average Bonchev–Trinajstić information content (AvgIpc) is 3.35. The zero-order valence-electron chi connectivity index (χ0n) is 44.8. The molecule has 0 radical (unpaired) electrons. The van der Waals surface area contributed by atoms with E-state index in [9.17, 15) is 14.4 Å². The molecule has 0 spiro atoms. The molecule has 0 fully saturated rings. The van der Waals surface area contributed by atoms with Gasteiger partial charge in [-0.15, -0.1) is 0 Å². The van der Waals surface area contributed by atoms with Gasteiger partial charge in [0.05, 0.1) is 0 Å². The number of esters is 3. The van der Waals surface area contributed by atoms with Crippen LogP contribution in [0.5, 0.6) is 0 Å². The Morgan fingerprint density at radius 2 is 0.565 bits per heavy atom. The SMILES string of the molecule is CC/C=C\C/C=C\C/C=C\C/C=C\C/C=C\C/C=C\C/C=C\C/C=C\C/C=C\CCCCCCCCCC(=O)OCC(COC(=O)CCCCCCC)OC(=O)CCCCCCCCCCCCC. The molecule has 1 atom stereocenters. The lowest BCUT2D eigenvalue weighted by Crippen LogP contribution is -2.30. The summed E-state index contributed by atoms with van der Waals surface area (Å²) >= 11 is 0. The highest BCUT2D eigenvalue weighted by molar-refractivity contribution is 5.71. The van der Waals surface area contributed by atoms with Gasteiger partial charge < -0.3 is 14.2 Å². The monoisotopic (exact) mass is 957 g/mol. The molecule has 69 heavy (non-hydrogen) atoms. The second-order valence-electron chi connectivity index (χ2n) is 18.5. The summed E-state index contributed by atoms with van der Waals surface area (Å²) in [5.41, 5.74) is 0. The first-order valence-corrected chi connectivity index (χ1v) is 28.4. The van der Waals surface area contributed by atoms with Gasteiger partial charge >= 0.3 is 17.9 Å². The molecule has 0 N–H and O–H groups in total. The van der Waals surface area contributed by atoms with Gasteiger partial charge in [-0.1, -0.05) is 252 Å². The zero-order valence-corrected chi connectivity index (χ0v) is 44.8. The topological polar surface area (TPSA) is 78.9 Å². The van der Waals surface area contributed by atoms with Crippen molar-refractivity contribution in [2.24, 2.45) is 0 Å². The molecule has 0 amide bonds. The van der Waals surface area contributed by atoms with E-state index >= 15 is 0 Å². The van der Waals surface area contributed by atoms with Gasteiger partial charge in [0.25, 0.3) is 0 Å². The Balaban J connectivity index is 4.03. The van der Waals surface area contributed by atoms with Gasteiger partial charge in [0, 0.05) is 19.3 Å². The van der Waals surface area contributed by atoms with Gasteiger partial charge in [-0.3, -0.25) is 14.4 Å². The summed E-state index contributed by atoms with van der Waals surface area (Å²) in [4.78, 5) is 37.6. The molecule has 392 valence electrons. The standard InChI is InChI=1S/C63H104O6/c1-4-7-10-13-15-17-19-20-21-22-23-24-25-26-27-28-29-30-31-32-33-34-35-36-37-38-39-40-41-42-44-45-47-50-53-56-62(65)68-59-60(58-67-61(64)55-52-49-12-9-6-3)69-63(66)57-54-51-48-46-43-18-16-14-11-8-5-2/h7,10,15,17,20-21,23-24,26-27,29-30,32-33,35-36,38-39,60H,4-6,8-9,11-14,16,18-19,22,25,28,31,34,37,40-59H2,1-3H3/b10-7-,17-15-,21-20-,24-23-,27-26-,30-29-,33-32-,36-35-,39-38-. The number of unbranched alkanes of at least 4 members (excludes halogenated alkanes) is 21. The van der Waals surface area contributed by atoms with Crippen LogP contribution in [0, 0.1) is 0 Å². The molecule has 0 heterocycles. The van der Waals surface area contributed by atoms with Crippen molar-refractivity contribution < 1.29 is 28.6 Å². The molecule has 0 saturated carbocycles. The van der Waals surface area contributed by atoms with Crippen molar-refractivity contribution in [3.63, 3.8) is 0 Å². The van der Waals surface area contributed by atoms with Crippen LogP contribution < -0.4 is 0 Å². The molecule has 0 aromatic heterocycles. The molecule has 0 bridgehead atoms. The van der Waals surface area contributed by atoms with Crippen molar-refractivity contribution in [1.29, 1.82) is 0 Å². The molecule has 6 heteroatoms. The van der Waals surface area contributed by atoms with E-state index in [0.29, 0.717) is 19.3 Å². The summed E-state index contributed by atoms with van der Waals surface area (Å²) < 4.78 is 16.6. The van der Waals surface area contributed by atoms with E-state index in [1.165, 1.54) is 83.5 Å². The highest BCUT2D eigenvalue weighted by atomic mass is 16.6. The van der Waals surface area contributed by atoms with Crippen LogP contribution in [0.1, 0.15) is 252 Å². The van der Waals surface area contributed by atoms with E-state index in [2.05, 4.69) is 130 Å². The number of rotatable bonds is 50. The Labute approximate surface area is 425 Å². The summed E-state index contributed by atoms with van der Waals surface area (Å²) in [6, 6.07) is 0. The fraction of sp³-hybridized carbons (Fsp3) is 0.667. The first kappa shape index (κ1) is 65.1. The first-order chi connectivity index (χ1) is 34.0. The number of carbonyl (C=O) groups is 3. The molecule has 0 aromatic rings. The van der Waals surface area contributed by atoms with Gasteiger partial charge in [0.1, 0.15) is 13.2 Å². The maximum Gasteiger partial charge on any atom is 0.306 e. The van der Waals surface area contributed by atoms with Crippen molar-refractivity contribution in [3.8, 4) is 0 Å². The number of hydrogen-bond donors (Lipinski definition) is 0. The van der Waals surface area contributed by atoms with Gasteiger partial charge in [0.2, 0.25) is 0 Å². The highest BCUT2D eigenvalue weighted by Gasteiger charge is 2.19. The first-order valence-electron chi connectivity index (χ1n) is 28.4. The third kappa shape index (κ3) is 54.9. The van der Waals surface area contributed by atoms with E-state index in [0.717, 1.165) is 128 Å². The van der Waals surface area contributed by atoms with E-state index in [1.807, 2.05) is 0 Å². The summed E-state index contributed by atoms with van der Waals surface area (Å²) in [6.45, 7) is 6.41. The summed E-state index contributed by atoms with van der Waals surface area (Å²) in [5.74, 6) is -0.908. The molecule has 0 rings (SSSR count). The van der Waals surface area contributed by atoms with Crippen LogP contribution in [0.2, 0.25) is 0 Å². The Hall–Kier alpha value is -3.93. The molecular weight excluding hydrogens is 853 g/mol. The minimum Gasteiger partial charge on any atom is -0.462 e. The minimum atomic E-state index is -0.775. The summed E-state index contributed by atoms with van der Waals surface area (Å²) in [5, 5.41) is 0. The highest BCUT2D eigenvalue weighted by Crippen LogP contribution is 2.14. The van der Waals surface area contributed by atoms with Crippen molar-refractivity contribution in [3.05, 3.63) is 109 Å². The Kier molecular flexibility index (Phi) is 53.4. The van der Waals surface area contributed by atoms with Crippen LogP contribution in [0.3, 0.4) is 0 Å². The zero-order chi connectivity index (χ0) is 50.0. The van der Waals surface area contributed by atoms with E-state index in [-0.39, 0.29) is 31.1 Å². The largest absolute Gasteiger partial charge is 0.462 e. The lowest BCUT2D eigenvalue weighted by atomic mass is 10.1. The molecule has 0 saturated heterocycles. The number of hydrogen-bond acceptors (Lipinski definition) is 6. The van der Waals surface area contributed by atoms with Crippen LogP contribution in [0.15, 0.2) is 109 Å². The molecule has 0 aliphatic carbocycles. The Morgan fingerprint density at radius 3 is 0.884 bits per heavy atom. The molecular formula is C63H104O6. The number of carbonyl (C=O) groups excluding carboxylic acids is 3. The second-order valence-corrected chi connectivity index (χ2v) is 18.5. The van der Waals surface area contributed by atoms with Crippen molar-refractivity contribution in [1.82, 2.24) is 0 Å². The summed E-state index contributed by atoms with van der Waals surface area (Å²) in [7, 11) is 0. The fourth-order valence-electron chi connectivity index (χ4n) is 7.55. The van der Waals surface area contributed by atoms with E-state index < -0.39 is 6.10 Å². The predicted octanol–water partition coefficient (Wildman–Crippen LogP) is 19.1. The lowest BCUT2D eigenvalue weighted by molar-refractivity contribution is -0.167. The van der Waals surface area contributed by atoms with E-state index in [4.69, 9.17) is 14.2 Å². The number of ether oxygens (including phenoxy) is 3. The van der Waals surface area contributed by atoms with Crippen LogP contribution in [0.4, 0.5) is 0 Å². The van der Waals surface area contributed by atoms with Gasteiger partial charge in [-0.25, -0.2) is 0 Å². The second kappa shape index (κ2) is 56.7. The normalized spacial score (nSPS) is 12.9. The number of allylic oxidation sites excluding steroid dienone is 18. The van der Waals surface area contributed by atoms with E-state index in [1.54, 1.807) is 0 Å². The van der Waals surface area contributed by atoms with Crippen molar-refractivity contribution in [2.75, 3.05) is 13.2 Å². The van der Waals surface area contributed by atoms with Crippen LogP contribution in [-0.2, 0) is 28.6 Å². The molecule has 0 aromatic carbocycles. The van der Waals surface area contributed by atoms with Crippen molar-refractivity contribution >= 4 is 17.9 Å². The smallest absolute Gasteiger partial charge is 0.306 e. The van der Waals surface area contributed by atoms with Gasteiger partial charge in [0.15, 0.2) is 6.10 Å². The third-order valence-corrected chi connectivity index (χ3v) is 11.8. The van der Waals surface area contributed by atoms with Crippen LogP contribution >= 0.6 is 0 Å². The lowest BCUT2D eigenvalue weighted by Gasteiger charge is -2.18. The van der Waals surface area contributed by atoms with Gasteiger partial charge in [-0.2, -0.15) is 0 Å². The molecule has 0 aliphatic rings. The maximum atomic E-state index is 12.7. The Morgan fingerprint density at radius 1 is 0.304 bits per heavy atom. The predicted molar refractivity (Wildman–Crippen MR) is 297 cm³/mol. The van der Waals surface area contributed by atoms with Crippen LogP contribution in [0.25, 0.3) is 0 Å². The fourth-order valence-corrected chi connectivity index (χ4v) is 7.55. The Bertz CT molecular complexity index is 1420. The maximum absolute atomic E-state index is 12.7. The van der Waals surface area contributed by atoms with Crippen molar-refractivity contribution in [2.45, 2.75) is 258 Å². The van der Waals surface area contributed by atoms with Gasteiger partial charge in [-0.05, 0) is 89.9 Å². The molecule has 0 aliphatic heterocycles. The van der Waals surface area contributed by atoms with Crippen LogP contribution in [-0.4, -0.2) is 37.2 Å². The quantitative estimate of drug-likeness (QED) is 0.0262. The molecule has 6 nitrogen and oxygen atoms in total. The average molecular weight is 958 g/mol. The third-order valence-electron chi connectivity index (χ3n) is 11.8.